The Morgan fingerprint density at radius 3 is 2.27 bits per heavy atom. The molecule has 2 rings (SSSR count). The standard InChI is InChI=1S/C18H24N4O4/c1-12(2)21-16(24)11-19-15(23)10-20-18(26)13-5-7-14(8-6-13)22-9-3-4-17(22)25/h5-8,12H,3-4,9-11H2,1-2H3,(H,19,23)(H,20,26)(H,21,24). The minimum atomic E-state index is -0.448. The summed E-state index contributed by atoms with van der Waals surface area (Å²) in [4.78, 5) is 48.6. The Labute approximate surface area is 152 Å². The van der Waals surface area contributed by atoms with Crippen molar-refractivity contribution in [3.63, 3.8) is 0 Å². The predicted octanol–water partition coefficient (Wildman–Crippen LogP) is 0.184. The van der Waals surface area contributed by atoms with Gasteiger partial charge in [0.2, 0.25) is 17.7 Å². The van der Waals surface area contributed by atoms with Crippen molar-refractivity contribution in [2.24, 2.45) is 0 Å². The van der Waals surface area contributed by atoms with Gasteiger partial charge < -0.3 is 20.9 Å². The topological polar surface area (TPSA) is 108 Å². The molecule has 4 amide bonds. The molecule has 1 saturated heterocycles. The number of nitrogens with one attached hydrogen (secondary N) is 3. The molecule has 1 aliphatic rings. The molecule has 0 aliphatic carbocycles. The Hall–Kier alpha value is -2.90. The molecule has 1 aromatic carbocycles. The maximum atomic E-state index is 12.1. The molecular weight excluding hydrogens is 336 g/mol. The summed E-state index contributed by atoms with van der Waals surface area (Å²) in [5, 5.41) is 7.58. The third-order valence-electron chi connectivity index (χ3n) is 3.82. The lowest BCUT2D eigenvalue weighted by atomic mass is 10.2. The molecule has 8 heteroatoms. The van der Waals surface area contributed by atoms with Crippen molar-refractivity contribution >= 4 is 29.3 Å². The fraction of sp³-hybridized carbons (Fsp3) is 0.444. The highest BCUT2D eigenvalue weighted by Gasteiger charge is 2.21. The van der Waals surface area contributed by atoms with E-state index in [0.29, 0.717) is 18.5 Å². The molecule has 0 spiro atoms. The van der Waals surface area contributed by atoms with Crippen LogP contribution in [0.5, 0.6) is 0 Å². The zero-order chi connectivity index (χ0) is 19.1. The van der Waals surface area contributed by atoms with Gasteiger partial charge in [0, 0.05) is 30.3 Å². The average Bonchev–Trinajstić information content (AvgIpc) is 3.03. The van der Waals surface area contributed by atoms with Crippen molar-refractivity contribution in [2.75, 3.05) is 24.5 Å². The number of rotatable bonds is 7. The molecule has 140 valence electrons. The van der Waals surface area contributed by atoms with Gasteiger partial charge in [-0.25, -0.2) is 0 Å². The number of carbonyl (C=O) groups excluding carboxylic acids is 4. The molecule has 0 radical (unpaired) electrons. The summed E-state index contributed by atoms with van der Waals surface area (Å²) in [7, 11) is 0. The quantitative estimate of drug-likeness (QED) is 0.645. The van der Waals surface area contributed by atoms with Crippen LogP contribution >= 0.6 is 0 Å². The number of hydrogen-bond donors (Lipinski definition) is 3. The maximum Gasteiger partial charge on any atom is 0.251 e. The number of hydrogen-bond acceptors (Lipinski definition) is 4. The van der Waals surface area contributed by atoms with E-state index in [4.69, 9.17) is 0 Å². The molecule has 1 aliphatic heterocycles. The SMILES string of the molecule is CC(C)NC(=O)CNC(=O)CNC(=O)c1ccc(N2CCCC2=O)cc1. The number of carbonyl (C=O) groups is 4. The summed E-state index contributed by atoms with van der Waals surface area (Å²) in [6.07, 6.45) is 1.39. The van der Waals surface area contributed by atoms with Gasteiger partial charge in [0.15, 0.2) is 0 Å². The van der Waals surface area contributed by atoms with Crippen LogP contribution in [0.25, 0.3) is 0 Å². The van der Waals surface area contributed by atoms with Crippen molar-refractivity contribution in [3.05, 3.63) is 29.8 Å². The van der Waals surface area contributed by atoms with Crippen LogP contribution in [0.1, 0.15) is 37.0 Å². The van der Waals surface area contributed by atoms with Crippen LogP contribution in [0.3, 0.4) is 0 Å². The van der Waals surface area contributed by atoms with Gasteiger partial charge in [0.25, 0.3) is 5.91 Å². The summed E-state index contributed by atoms with van der Waals surface area (Å²) in [6, 6.07) is 6.66. The lowest BCUT2D eigenvalue weighted by molar-refractivity contribution is -0.125. The molecule has 0 atom stereocenters. The highest BCUT2D eigenvalue weighted by molar-refractivity contribution is 5.98. The van der Waals surface area contributed by atoms with Crippen molar-refractivity contribution in [3.8, 4) is 0 Å². The summed E-state index contributed by atoms with van der Waals surface area (Å²) in [5.41, 5.74) is 1.16. The van der Waals surface area contributed by atoms with E-state index in [1.54, 1.807) is 29.2 Å². The van der Waals surface area contributed by atoms with Crippen molar-refractivity contribution in [1.82, 2.24) is 16.0 Å². The molecule has 0 saturated carbocycles. The molecule has 8 nitrogen and oxygen atoms in total. The Morgan fingerprint density at radius 2 is 1.69 bits per heavy atom. The second kappa shape index (κ2) is 8.98. The van der Waals surface area contributed by atoms with E-state index in [1.165, 1.54) is 0 Å². The molecule has 1 heterocycles. The van der Waals surface area contributed by atoms with Crippen LogP contribution in [0, 0.1) is 0 Å². The Bertz CT molecular complexity index is 685. The molecule has 3 N–H and O–H groups in total. The Balaban J connectivity index is 1.78. The average molecular weight is 360 g/mol. The van der Waals surface area contributed by atoms with Gasteiger partial charge >= 0.3 is 0 Å². The fourth-order valence-corrected chi connectivity index (χ4v) is 2.59. The molecule has 26 heavy (non-hydrogen) atoms. The number of amides is 4. The second-order valence-corrected chi connectivity index (χ2v) is 6.38. The zero-order valence-electron chi connectivity index (χ0n) is 15.0. The molecule has 1 fully saturated rings. The van der Waals surface area contributed by atoms with Crippen LogP contribution in [-0.2, 0) is 14.4 Å². The Kier molecular flexibility index (Phi) is 6.71. The van der Waals surface area contributed by atoms with E-state index in [0.717, 1.165) is 12.1 Å². The molecule has 0 unspecified atom stereocenters. The normalized spacial score (nSPS) is 13.7. The van der Waals surface area contributed by atoms with Gasteiger partial charge in [-0.05, 0) is 44.5 Å². The van der Waals surface area contributed by atoms with Gasteiger partial charge in [-0.3, -0.25) is 19.2 Å². The largest absolute Gasteiger partial charge is 0.352 e. The van der Waals surface area contributed by atoms with Crippen LogP contribution < -0.4 is 20.9 Å². The van der Waals surface area contributed by atoms with Gasteiger partial charge in [-0.2, -0.15) is 0 Å². The number of nitrogens with zero attached hydrogens (tertiary/aromatic N) is 1. The lowest BCUT2D eigenvalue weighted by Gasteiger charge is -2.15. The van der Waals surface area contributed by atoms with Crippen molar-refractivity contribution in [2.45, 2.75) is 32.7 Å². The molecular formula is C18H24N4O4. The van der Waals surface area contributed by atoms with Crippen molar-refractivity contribution < 1.29 is 19.2 Å². The number of benzene rings is 1. The van der Waals surface area contributed by atoms with E-state index in [-0.39, 0.29) is 30.9 Å². The van der Waals surface area contributed by atoms with Gasteiger partial charge in [-0.15, -0.1) is 0 Å². The van der Waals surface area contributed by atoms with Crippen LogP contribution in [0.2, 0.25) is 0 Å². The molecule has 0 aromatic heterocycles. The first-order chi connectivity index (χ1) is 12.4. The first-order valence-electron chi connectivity index (χ1n) is 8.61. The minimum Gasteiger partial charge on any atom is -0.352 e. The van der Waals surface area contributed by atoms with Crippen LogP contribution in [0.15, 0.2) is 24.3 Å². The lowest BCUT2D eigenvalue weighted by Crippen LogP contribution is -2.43. The molecule has 0 bridgehead atoms. The van der Waals surface area contributed by atoms with E-state index in [9.17, 15) is 19.2 Å². The summed E-state index contributed by atoms with van der Waals surface area (Å²) in [6.45, 7) is 3.98. The monoisotopic (exact) mass is 360 g/mol. The van der Waals surface area contributed by atoms with E-state index in [1.807, 2.05) is 13.8 Å². The summed E-state index contributed by atoms with van der Waals surface area (Å²) in [5.74, 6) is -1.05. The predicted molar refractivity (Wildman–Crippen MR) is 96.7 cm³/mol. The summed E-state index contributed by atoms with van der Waals surface area (Å²) < 4.78 is 0. The van der Waals surface area contributed by atoms with E-state index >= 15 is 0 Å². The van der Waals surface area contributed by atoms with Crippen molar-refractivity contribution in [1.29, 1.82) is 0 Å². The highest BCUT2D eigenvalue weighted by atomic mass is 16.2. The summed E-state index contributed by atoms with van der Waals surface area (Å²) >= 11 is 0. The van der Waals surface area contributed by atoms with Gasteiger partial charge in [-0.1, -0.05) is 0 Å². The van der Waals surface area contributed by atoms with Gasteiger partial charge in [0.1, 0.15) is 0 Å². The highest BCUT2D eigenvalue weighted by Crippen LogP contribution is 2.21. The second-order valence-electron chi connectivity index (χ2n) is 6.38. The minimum absolute atomic E-state index is 0.00192. The number of anilines is 1. The van der Waals surface area contributed by atoms with Gasteiger partial charge in [0.05, 0.1) is 13.1 Å². The first-order valence-corrected chi connectivity index (χ1v) is 8.61. The van der Waals surface area contributed by atoms with E-state index < -0.39 is 11.8 Å². The third-order valence-corrected chi connectivity index (χ3v) is 3.82. The smallest absolute Gasteiger partial charge is 0.251 e. The first kappa shape index (κ1) is 19.4. The Morgan fingerprint density at radius 1 is 1.04 bits per heavy atom. The fourth-order valence-electron chi connectivity index (χ4n) is 2.59. The van der Waals surface area contributed by atoms with E-state index in [2.05, 4.69) is 16.0 Å². The van der Waals surface area contributed by atoms with Crippen LogP contribution in [-0.4, -0.2) is 49.3 Å². The molecule has 1 aromatic rings. The third kappa shape index (κ3) is 5.58. The zero-order valence-corrected chi connectivity index (χ0v) is 15.0. The van der Waals surface area contributed by atoms with Crippen LogP contribution in [0.4, 0.5) is 5.69 Å². The maximum absolute atomic E-state index is 12.1.